The molecule has 1 heteroatoms. The highest BCUT2D eigenvalue weighted by molar-refractivity contribution is 4.96. The maximum absolute atomic E-state index is 3.44. The Morgan fingerprint density at radius 1 is 1.22 bits per heavy atom. The molecule has 2 fully saturated rings. The Bertz CT molecular complexity index is 95.1. The van der Waals surface area contributed by atoms with Gasteiger partial charge in [-0.05, 0) is 39.2 Å². The van der Waals surface area contributed by atoms with Gasteiger partial charge < -0.3 is 4.90 Å². The Hall–Kier alpha value is -0.0400. The van der Waals surface area contributed by atoms with Gasteiger partial charge in [0.2, 0.25) is 0 Å². The number of hydrogen-bond acceptors (Lipinski definition) is 1. The zero-order chi connectivity index (χ0) is 6.27. The second-order valence-electron chi connectivity index (χ2n) is 3.21. The zero-order valence-corrected chi connectivity index (χ0v) is 5.93. The molecule has 0 N–H and O–H groups in total. The first kappa shape index (κ1) is 5.72. The highest BCUT2D eigenvalue weighted by Gasteiger charge is 2.33. The van der Waals surface area contributed by atoms with Crippen LogP contribution in [-0.4, -0.2) is 24.0 Å². The molecule has 2 saturated heterocycles. The molecule has 0 aromatic carbocycles. The molecule has 9 heavy (non-hydrogen) atoms. The molecular formula is C8H13N. The van der Waals surface area contributed by atoms with Crippen LogP contribution in [0.4, 0.5) is 0 Å². The van der Waals surface area contributed by atoms with E-state index in [0.717, 1.165) is 12.1 Å². The Balaban J connectivity index is 2.10. The fourth-order valence-corrected chi connectivity index (χ4v) is 2.00. The van der Waals surface area contributed by atoms with Gasteiger partial charge >= 0.3 is 0 Å². The van der Waals surface area contributed by atoms with Crippen LogP contribution in [0, 0.1) is 6.42 Å². The van der Waals surface area contributed by atoms with Gasteiger partial charge in [-0.25, -0.2) is 0 Å². The predicted molar refractivity (Wildman–Crippen MR) is 37.0 cm³/mol. The number of nitrogens with zero attached hydrogens (tertiary/aromatic N) is 1. The minimum Gasteiger partial charge on any atom is -0.300 e. The molecule has 2 radical (unpaired) electrons. The van der Waals surface area contributed by atoms with E-state index in [0.29, 0.717) is 0 Å². The fourth-order valence-electron chi connectivity index (χ4n) is 2.00. The summed E-state index contributed by atoms with van der Waals surface area (Å²) in [6.45, 7) is 0. The lowest BCUT2D eigenvalue weighted by atomic mass is 10.0. The number of piperidine rings is 1. The van der Waals surface area contributed by atoms with Crippen molar-refractivity contribution in [2.24, 2.45) is 0 Å². The third-order valence-electron chi connectivity index (χ3n) is 2.74. The van der Waals surface area contributed by atoms with Crippen molar-refractivity contribution in [2.45, 2.75) is 37.8 Å². The molecule has 2 aliphatic rings. The van der Waals surface area contributed by atoms with E-state index in [4.69, 9.17) is 0 Å². The average Bonchev–Trinajstić information content (AvgIpc) is 2.19. The molecule has 2 unspecified atom stereocenters. The summed E-state index contributed by atoms with van der Waals surface area (Å²) >= 11 is 0. The summed E-state index contributed by atoms with van der Waals surface area (Å²) in [5, 5.41) is 0. The van der Waals surface area contributed by atoms with E-state index >= 15 is 0 Å². The predicted octanol–water partition coefficient (Wildman–Crippen LogP) is 1.32. The van der Waals surface area contributed by atoms with Crippen molar-refractivity contribution in [3.05, 3.63) is 6.42 Å². The topological polar surface area (TPSA) is 3.24 Å². The summed E-state index contributed by atoms with van der Waals surface area (Å²) < 4.78 is 0. The first-order valence-electron chi connectivity index (χ1n) is 3.80. The van der Waals surface area contributed by atoms with Crippen molar-refractivity contribution in [2.75, 3.05) is 7.05 Å². The molecule has 0 aromatic rings. The van der Waals surface area contributed by atoms with Crippen LogP contribution in [0.15, 0.2) is 0 Å². The summed E-state index contributed by atoms with van der Waals surface area (Å²) in [6, 6.07) is 1.70. The molecule has 0 saturated carbocycles. The lowest BCUT2D eigenvalue weighted by Gasteiger charge is -2.30. The quantitative estimate of drug-likeness (QED) is 0.469. The first-order chi connectivity index (χ1) is 4.38. The minimum absolute atomic E-state index is 0.851. The molecule has 2 atom stereocenters. The van der Waals surface area contributed by atoms with Gasteiger partial charge in [-0.2, -0.15) is 0 Å². The van der Waals surface area contributed by atoms with Crippen molar-refractivity contribution in [1.29, 1.82) is 0 Å². The van der Waals surface area contributed by atoms with Gasteiger partial charge in [0.1, 0.15) is 0 Å². The largest absolute Gasteiger partial charge is 0.300 e. The molecule has 2 heterocycles. The van der Waals surface area contributed by atoms with Crippen LogP contribution in [0.1, 0.15) is 25.7 Å². The molecule has 0 aliphatic carbocycles. The lowest BCUT2D eigenvalue weighted by Crippen LogP contribution is -2.36. The van der Waals surface area contributed by atoms with E-state index in [1.807, 2.05) is 0 Å². The van der Waals surface area contributed by atoms with Crippen molar-refractivity contribution in [3.8, 4) is 0 Å². The number of fused-ring (bicyclic) bond motifs is 2. The third-order valence-corrected chi connectivity index (χ3v) is 2.74. The molecular weight excluding hydrogens is 110 g/mol. The monoisotopic (exact) mass is 123 g/mol. The Kier molecular flexibility index (Phi) is 1.26. The maximum Gasteiger partial charge on any atom is 0.0101 e. The smallest absolute Gasteiger partial charge is 0.0101 e. The Labute approximate surface area is 57.0 Å². The molecule has 2 aliphatic heterocycles. The molecule has 0 amide bonds. The maximum atomic E-state index is 3.44. The van der Waals surface area contributed by atoms with Crippen molar-refractivity contribution in [1.82, 2.24) is 4.90 Å². The SMILES string of the molecule is CN1C2C[C]CC1CC2. The summed E-state index contributed by atoms with van der Waals surface area (Å²) in [6.07, 6.45) is 8.69. The van der Waals surface area contributed by atoms with Crippen LogP contribution in [0.2, 0.25) is 0 Å². The van der Waals surface area contributed by atoms with Crippen molar-refractivity contribution < 1.29 is 0 Å². The van der Waals surface area contributed by atoms with Gasteiger partial charge in [0, 0.05) is 12.1 Å². The van der Waals surface area contributed by atoms with E-state index in [1.54, 1.807) is 0 Å². The molecule has 2 bridgehead atoms. The molecule has 0 spiro atoms. The Morgan fingerprint density at radius 3 is 2.22 bits per heavy atom. The van der Waals surface area contributed by atoms with Gasteiger partial charge in [0.15, 0.2) is 0 Å². The van der Waals surface area contributed by atoms with Crippen LogP contribution in [0.5, 0.6) is 0 Å². The van der Waals surface area contributed by atoms with Gasteiger partial charge in [0.05, 0.1) is 0 Å². The van der Waals surface area contributed by atoms with Crippen LogP contribution < -0.4 is 0 Å². The van der Waals surface area contributed by atoms with Crippen LogP contribution in [0.25, 0.3) is 0 Å². The summed E-state index contributed by atoms with van der Waals surface area (Å²) in [4.78, 5) is 2.52. The van der Waals surface area contributed by atoms with Crippen LogP contribution in [0.3, 0.4) is 0 Å². The van der Waals surface area contributed by atoms with Gasteiger partial charge in [-0.1, -0.05) is 0 Å². The van der Waals surface area contributed by atoms with Gasteiger partial charge in [-0.3, -0.25) is 0 Å². The van der Waals surface area contributed by atoms with E-state index in [1.165, 1.54) is 25.7 Å². The first-order valence-corrected chi connectivity index (χ1v) is 3.80. The van der Waals surface area contributed by atoms with E-state index in [-0.39, 0.29) is 0 Å². The molecule has 50 valence electrons. The van der Waals surface area contributed by atoms with Gasteiger partial charge in [0.25, 0.3) is 0 Å². The highest BCUT2D eigenvalue weighted by Crippen LogP contribution is 2.32. The number of hydrogen-bond donors (Lipinski definition) is 0. The Morgan fingerprint density at radius 2 is 1.78 bits per heavy atom. The van der Waals surface area contributed by atoms with E-state index in [9.17, 15) is 0 Å². The molecule has 1 nitrogen and oxygen atoms in total. The third kappa shape index (κ3) is 0.787. The average molecular weight is 123 g/mol. The van der Waals surface area contributed by atoms with Gasteiger partial charge in [-0.15, -0.1) is 0 Å². The van der Waals surface area contributed by atoms with Crippen LogP contribution in [-0.2, 0) is 0 Å². The molecule has 2 rings (SSSR count). The standard InChI is InChI=1S/C8H13N/c1-9-7-3-2-4-8(9)6-5-7/h7-8H,3-6H2,1H3. The lowest BCUT2D eigenvalue weighted by molar-refractivity contribution is 0.207. The summed E-state index contributed by atoms with van der Waals surface area (Å²) in [5.41, 5.74) is 0. The fraction of sp³-hybridized carbons (Fsp3) is 0.875. The normalized spacial score (nSPS) is 43.7. The van der Waals surface area contributed by atoms with E-state index in [2.05, 4.69) is 18.4 Å². The second-order valence-corrected chi connectivity index (χ2v) is 3.21. The van der Waals surface area contributed by atoms with Crippen molar-refractivity contribution in [3.63, 3.8) is 0 Å². The highest BCUT2D eigenvalue weighted by atomic mass is 15.2. The summed E-state index contributed by atoms with van der Waals surface area (Å²) in [5.74, 6) is 0. The number of rotatable bonds is 0. The molecule has 0 aromatic heterocycles. The van der Waals surface area contributed by atoms with Crippen LogP contribution >= 0.6 is 0 Å². The second kappa shape index (κ2) is 1.98. The minimum atomic E-state index is 0.851. The van der Waals surface area contributed by atoms with Crippen molar-refractivity contribution >= 4 is 0 Å². The van der Waals surface area contributed by atoms with E-state index < -0.39 is 0 Å². The zero-order valence-electron chi connectivity index (χ0n) is 5.93. The summed E-state index contributed by atoms with van der Waals surface area (Å²) in [7, 11) is 2.25.